The standard InChI is InChI=1S/C9H14N.ClHO4/c1-10(2,3)9-7-5-4-6-8-9;2-1(3,4)5/h4-8H,1-3H3;(H,2,3,4,5)/q+1;/p-1. The van der Waals surface area contributed by atoms with E-state index in [9.17, 15) is 0 Å². The average molecular weight is 236 g/mol. The maximum absolute atomic E-state index is 8.49. The second kappa shape index (κ2) is 5.41. The molecule has 0 aliphatic carbocycles. The molecule has 0 fully saturated rings. The summed E-state index contributed by atoms with van der Waals surface area (Å²) in [6, 6.07) is 10.5. The molecule has 0 saturated carbocycles. The number of quaternary nitrogens is 1. The minimum absolute atomic E-state index is 0.890. The fourth-order valence-electron chi connectivity index (χ4n) is 0.875. The first kappa shape index (κ1) is 14.3. The maximum Gasteiger partial charge on any atom is 0.132 e. The van der Waals surface area contributed by atoms with Crippen LogP contribution in [0.5, 0.6) is 0 Å². The van der Waals surface area contributed by atoms with Gasteiger partial charge in [-0.1, -0.05) is 18.2 Å². The van der Waals surface area contributed by atoms with E-state index in [1.165, 1.54) is 5.69 Å². The number of halogens is 1. The van der Waals surface area contributed by atoms with Gasteiger partial charge in [-0.05, 0) is 12.1 Å². The first-order chi connectivity index (χ1) is 6.61. The third-order valence-electron chi connectivity index (χ3n) is 1.53. The lowest BCUT2D eigenvalue weighted by Gasteiger charge is -2.22. The van der Waals surface area contributed by atoms with Crippen molar-refractivity contribution < 1.29 is 28.9 Å². The number of benzene rings is 1. The Morgan fingerprint density at radius 1 is 0.867 bits per heavy atom. The normalized spacial score (nSPS) is 11.7. The Morgan fingerprint density at radius 3 is 1.40 bits per heavy atom. The minimum atomic E-state index is -4.94. The number of hydrogen-bond acceptors (Lipinski definition) is 4. The fourth-order valence-corrected chi connectivity index (χ4v) is 0.875. The van der Waals surface area contributed by atoms with Crippen molar-refractivity contribution in [2.75, 3.05) is 21.1 Å². The SMILES string of the molecule is C[N+](C)(C)c1ccccc1.[O-][Cl+3]([O-])([O-])[O-]. The topological polar surface area (TPSA) is 92.2 Å². The van der Waals surface area contributed by atoms with Gasteiger partial charge in [-0.15, -0.1) is 10.2 Å². The summed E-state index contributed by atoms with van der Waals surface area (Å²) >= 11 is 0. The van der Waals surface area contributed by atoms with Crippen LogP contribution in [0, 0.1) is 10.2 Å². The number of para-hydroxylation sites is 1. The van der Waals surface area contributed by atoms with Gasteiger partial charge in [0.25, 0.3) is 0 Å². The van der Waals surface area contributed by atoms with Gasteiger partial charge in [0, 0.05) is 0 Å². The van der Waals surface area contributed by atoms with Crippen molar-refractivity contribution in [1.29, 1.82) is 0 Å². The second-order valence-corrected chi connectivity index (χ2v) is 4.48. The van der Waals surface area contributed by atoms with Crippen LogP contribution in [0.25, 0.3) is 0 Å². The van der Waals surface area contributed by atoms with E-state index in [2.05, 4.69) is 45.4 Å². The number of hydrogen-bond donors (Lipinski definition) is 0. The third kappa shape index (κ3) is 9.61. The highest BCUT2D eigenvalue weighted by Crippen LogP contribution is 2.14. The van der Waals surface area contributed by atoms with Crippen LogP contribution in [0.3, 0.4) is 0 Å². The zero-order chi connectivity index (χ0) is 12.1. The van der Waals surface area contributed by atoms with Crippen molar-refractivity contribution >= 4 is 5.69 Å². The van der Waals surface area contributed by atoms with E-state index in [1.54, 1.807) is 0 Å². The van der Waals surface area contributed by atoms with Crippen LogP contribution >= 0.6 is 0 Å². The van der Waals surface area contributed by atoms with Gasteiger partial charge in [0.15, 0.2) is 0 Å². The molecule has 1 rings (SSSR count). The van der Waals surface area contributed by atoms with Gasteiger partial charge in [-0.2, -0.15) is 0 Å². The summed E-state index contributed by atoms with van der Waals surface area (Å²) in [6.45, 7) is 0. The van der Waals surface area contributed by atoms with Crippen molar-refractivity contribution in [3.63, 3.8) is 0 Å². The molecule has 1 aromatic carbocycles. The molecule has 6 heteroatoms. The summed E-state index contributed by atoms with van der Waals surface area (Å²) in [4.78, 5) is 0. The Kier molecular flexibility index (Phi) is 5.16. The van der Waals surface area contributed by atoms with Crippen LogP contribution in [0.1, 0.15) is 0 Å². The molecule has 0 spiro atoms. The quantitative estimate of drug-likeness (QED) is 0.489. The first-order valence-electron chi connectivity index (χ1n) is 4.09. The predicted molar refractivity (Wildman–Crippen MR) is 46.0 cm³/mol. The van der Waals surface area contributed by atoms with Crippen LogP contribution in [-0.4, -0.2) is 21.1 Å². The second-order valence-electron chi connectivity index (χ2n) is 3.73. The molecule has 0 atom stereocenters. The summed E-state index contributed by atoms with van der Waals surface area (Å²) in [6.07, 6.45) is 0. The smallest absolute Gasteiger partial charge is 0.132 e. The summed E-state index contributed by atoms with van der Waals surface area (Å²) < 4.78 is 34.9. The molecule has 0 aromatic heterocycles. The summed E-state index contributed by atoms with van der Waals surface area (Å²) in [5.74, 6) is 0. The minimum Gasteiger partial charge on any atom is -0.298 e. The molecule has 0 unspecified atom stereocenters. The van der Waals surface area contributed by atoms with Crippen molar-refractivity contribution in [2.24, 2.45) is 0 Å². The molecule has 0 bridgehead atoms. The molecule has 0 saturated heterocycles. The fraction of sp³-hybridized carbons (Fsp3) is 0.333. The zero-order valence-electron chi connectivity index (χ0n) is 8.84. The van der Waals surface area contributed by atoms with E-state index in [0.29, 0.717) is 0 Å². The largest absolute Gasteiger partial charge is 0.298 e. The summed E-state index contributed by atoms with van der Waals surface area (Å²) in [5, 5.41) is 0. The molecule has 15 heavy (non-hydrogen) atoms. The molecular weight excluding hydrogens is 222 g/mol. The van der Waals surface area contributed by atoms with Crippen molar-refractivity contribution in [2.45, 2.75) is 0 Å². The van der Waals surface area contributed by atoms with Crippen LogP contribution in [0.4, 0.5) is 5.69 Å². The first-order valence-corrected chi connectivity index (χ1v) is 5.33. The molecular formula is C9H14ClNO4. The van der Waals surface area contributed by atoms with Crippen LogP contribution in [0.15, 0.2) is 30.3 Å². The Balaban J connectivity index is 0.000000336. The van der Waals surface area contributed by atoms with E-state index in [0.717, 1.165) is 4.48 Å². The molecule has 0 amide bonds. The Morgan fingerprint density at radius 2 is 1.20 bits per heavy atom. The van der Waals surface area contributed by atoms with Gasteiger partial charge in [0.1, 0.15) is 5.69 Å². The number of nitrogens with zero attached hydrogens (tertiary/aromatic N) is 1. The van der Waals surface area contributed by atoms with Crippen molar-refractivity contribution in [3.8, 4) is 0 Å². The molecule has 0 aliphatic rings. The van der Waals surface area contributed by atoms with Crippen molar-refractivity contribution in [1.82, 2.24) is 4.48 Å². The van der Waals surface area contributed by atoms with Gasteiger partial charge < -0.3 is 0 Å². The molecule has 5 nitrogen and oxygen atoms in total. The Bertz CT molecular complexity index is 272. The van der Waals surface area contributed by atoms with E-state index in [4.69, 9.17) is 18.6 Å². The highest BCUT2D eigenvalue weighted by molar-refractivity contribution is 5.40. The Hall–Kier alpha value is -0.690. The third-order valence-corrected chi connectivity index (χ3v) is 1.53. The molecule has 0 N–H and O–H groups in total. The van der Waals surface area contributed by atoms with Gasteiger partial charge in [0.05, 0.1) is 21.1 Å². The van der Waals surface area contributed by atoms with E-state index in [1.807, 2.05) is 6.07 Å². The predicted octanol–water partition coefficient (Wildman–Crippen LogP) is -2.87. The summed E-state index contributed by atoms with van der Waals surface area (Å²) in [7, 11) is 1.54. The van der Waals surface area contributed by atoms with Gasteiger partial charge in [-0.25, -0.2) is 18.6 Å². The van der Waals surface area contributed by atoms with Gasteiger partial charge in [0.2, 0.25) is 0 Å². The monoisotopic (exact) mass is 235 g/mol. The van der Waals surface area contributed by atoms with Gasteiger partial charge >= 0.3 is 0 Å². The van der Waals surface area contributed by atoms with Gasteiger partial charge in [-0.3, -0.25) is 4.48 Å². The van der Waals surface area contributed by atoms with E-state index >= 15 is 0 Å². The lowest BCUT2D eigenvalue weighted by molar-refractivity contribution is -2.00. The highest BCUT2D eigenvalue weighted by atomic mass is 35.7. The molecule has 0 heterocycles. The maximum atomic E-state index is 8.49. The molecule has 0 aliphatic heterocycles. The zero-order valence-corrected chi connectivity index (χ0v) is 9.60. The molecule has 0 radical (unpaired) electrons. The lowest BCUT2D eigenvalue weighted by atomic mass is 10.3. The molecule has 1 aromatic rings. The Labute approximate surface area is 91.1 Å². The van der Waals surface area contributed by atoms with Crippen molar-refractivity contribution in [3.05, 3.63) is 30.3 Å². The van der Waals surface area contributed by atoms with Crippen LogP contribution < -0.4 is 23.1 Å². The van der Waals surface area contributed by atoms with Crippen LogP contribution in [-0.2, 0) is 0 Å². The highest BCUT2D eigenvalue weighted by Gasteiger charge is 2.08. The molecule has 86 valence electrons. The number of rotatable bonds is 1. The average Bonchev–Trinajstić information content (AvgIpc) is 2.01. The van der Waals surface area contributed by atoms with E-state index < -0.39 is 10.2 Å². The lowest BCUT2D eigenvalue weighted by Crippen LogP contribution is -2.68. The van der Waals surface area contributed by atoms with E-state index in [-0.39, 0.29) is 0 Å². The van der Waals surface area contributed by atoms with Crippen LogP contribution in [0.2, 0.25) is 0 Å². The summed E-state index contributed by atoms with van der Waals surface area (Å²) in [5.41, 5.74) is 1.34.